The van der Waals surface area contributed by atoms with Crippen molar-refractivity contribution >= 4 is 59.6 Å². The standard InChI is InChI=1S/C44H25N/c1-3-13-28-26(11-1)21-23-36-39-25-38-34-19-8-7-17-32(34)30-15-5-6-16-31(30)33-18-9-10-20-35(33)40(38)41-37-24-22-27-12-2-4-14-29(27)43(37)45(42(28)36)44(39)41/h1-25H. The summed E-state index contributed by atoms with van der Waals surface area (Å²) in [5.74, 6) is 0. The Morgan fingerprint density at radius 1 is 0.289 bits per heavy atom. The highest BCUT2D eigenvalue weighted by Crippen LogP contribution is 2.54. The van der Waals surface area contributed by atoms with E-state index >= 15 is 0 Å². The van der Waals surface area contributed by atoms with Gasteiger partial charge in [-0.1, -0.05) is 146 Å². The molecule has 2 aromatic heterocycles. The number of hydrogen-bond donors (Lipinski definition) is 0. The molecule has 0 saturated heterocycles. The van der Waals surface area contributed by atoms with Crippen molar-refractivity contribution < 1.29 is 0 Å². The first-order valence-corrected chi connectivity index (χ1v) is 15.7. The topological polar surface area (TPSA) is 4.41 Å². The van der Waals surface area contributed by atoms with Gasteiger partial charge in [-0.05, 0) is 55.8 Å². The SMILES string of the molecule is c1ccc2c(c1)-c1ccccc1-c1cc3c4ccc5ccccc5c4n4c5c6ccccc6ccc5c(c1-c1ccccc1-2)c34. The van der Waals surface area contributed by atoms with E-state index in [1.54, 1.807) is 0 Å². The van der Waals surface area contributed by atoms with Crippen LogP contribution in [0.4, 0.5) is 0 Å². The molecule has 10 aromatic rings. The first-order chi connectivity index (χ1) is 22.4. The van der Waals surface area contributed by atoms with E-state index in [0.717, 1.165) is 0 Å². The molecule has 0 spiro atoms. The Morgan fingerprint density at radius 2 is 0.733 bits per heavy atom. The van der Waals surface area contributed by atoms with Crippen molar-refractivity contribution in [1.82, 2.24) is 4.40 Å². The molecule has 0 radical (unpaired) electrons. The summed E-state index contributed by atoms with van der Waals surface area (Å²) in [5.41, 5.74) is 14.2. The minimum absolute atomic E-state index is 1.27. The number of nitrogens with zero attached hydrogens (tertiary/aromatic N) is 1. The monoisotopic (exact) mass is 567 g/mol. The van der Waals surface area contributed by atoms with Gasteiger partial charge in [-0.25, -0.2) is 0 Å². The molecular weight excluding hydrogens is 542 g/mol. The van der Waals surface area contributed by atoms with Crippen LogP contribution in [0.3, 0.4) is 0 Å². The Bertz CT molecular complexity index is 2870. The van der Waals surface area contributed by atoms with Gasteiger partial charge >= 0.3 is 0 Å². The third-order valence-corrected chi connectivity index (χ3v) is 10.3. The number of benzene rings is 8. The molecule has 1 aliphatic carbocycles. The maximum absolute atomic E-state index is 2.60. The summed E-state index contributed by atoms with van der Waals surface area (Å²) in [4.78, 5) is 0. The Hall–Kier alpha value is -5.92. The van der Waals surface area contributed by atoms with E-state index in [-0.39, 0.29) is 0 Å². The van der Waals surface area contributed by atoms with Crippen molar-refractivity contribution in [2.75, 3.05) is 0 Å². The van der Waals surface area contributed by atoms with Gasteiger partial charge in [0.05, 0.1) is 16.6 Å². The summed E-state index contributed by atoms with van der Waals surface area (Å²) in [6.45, 7) is 0. The molecule has 8 aromatic carbocycles. The summed E-state index contributed by atoms with van der Waals surface area (Å²) in [7, 11) is 0. The Labute approximate surface area is 259 Å². The average molecular weight is 568 g/mol. The summed E-state index contributed by atoms with van der Waals surface area (Å²) in [6, 6.07) is 56.5. The van der Waals surface area contributed by atoms with Crippen LogP contribution in [0.5, 0.6) is 0 Å². The molecule has 45 heavy (non-hydrogen) atoms. The van der Waals surface area contributed by atoms with Gasteiger partial charge in [0.1, 0.15) is 0 Å². The summed E-state index contributed by atoms with van der Waals surface area (Å²) < 4.78 is 2.60. The van der Waals surface area contributed by atoms with E-state index in [1.165, 1.54) is 104 Å². The van der Waals surface area contributed by atoms with E-state index in [0.29, 0.717) is 0 Å². The summed E-state index contributed by atoms with van der Waals surface area (Å²) in [5, 5.41) is 10.4. The van der Waals surface area contributed by atoms with E-state index in [2.05, 4.69) is 156 Å². The minimum Gasteiger partial charge on any atom is -0.307 e. The van der Waals surface area contributed by atoms with Crippen LogP contribution < -0.4 is 0 Å². The fourth-order valence-electron chi connectivity index (χ4n) is 8.45. The molecule has 0 unspecified atom stereocenters. The largest absolute Gasteiger partial charge is 0.307 e. The first kappa shape index (κ1) is 23.5. The van der Waals surface area contributed by atoms with Crippen LogP contribution in [0.25, 0.3) is 104 Å². The van der Waals surface area contributed by atoms with E-state index in [9.17, 15) is 0 Å². The predicted octanol–water partition coefficient (Wildman–Crippen LogP) is 12.1. The summed E-state index contributed by atoms with van der Waals surface area (Å²) >= 11 is 0. The van der Waals surface area contributed by atoms with Gasteiger partial charge in [-0.2, -0.15) is 0 Å². The van der Waals surface area contributed by atoms with Gasteiger partial charge in [-0.15, -0.1) is 0 Å². The number of aromatic nitrogens is 1. The molecule has 206 valence electrons. The zero-order chi connectivity index (χ0) is 29.2. The molecular formula is C44H25N. The Kier molecular flexibility index (Phi) is 4.38. The highest BCUT2D eigenvalue weighted by Gasteiger charge is 2.29. The zero-order valence-electron chi connectivity index (χ0n) is 24.4. The van der Waals surface area contributed by atoms with Gasteiger partial charge < -0.3 is 4.40 Å². The first-order valence-electron chi connectivity index (χ1n) is 15.7. The number of hydrogen-bond acceptors (Lipinski definition) is 0. The lowest BCUT2D eigenvalue weighted by Crippen LogP contribution is -1.97. The second kappa shape index (κ2) is 8.37. The van der Waals surface area contributed by atoms with Crippen LogP contribution in [0.1, 0.15) is 0 Å². The van der Waals surface area contributed by atoms with Crippen molar-refractivity contribution in [1.29, 1.82) is 0 Å². The van der Waals surface area contributed by atoms with Crippen molar-refractivity contribution in [3.63, 3.8) is 0 Å². The smallest absolute Gasteiger partial charge is 0.0627 e. The zero-order valence-corrected chi connectivity index (χ0v) is 24.4. The second-order valence-corrected chi connectivity index (χ2v) is 12.4. The molecule has 2 heterocycles. The van der Waals surface area contributed by atoms with Crippen LogP contribution >= 0.6 is 0 Å². The van der Waals surface area contributed by atoms with Crippen molar-refractivity contribution in [3.05, 3.63) is 152 Å². The highest BCUT2D eigenvalue weighted by molar-refractivity contribution is 6.34. The molecule has 11 rings (SSSR count). The van der Waals surface area contributed by atoms with E-state index in [4.69, 9.17) is 0 Å². The lowest BCUT2D eigenvalue weighted by molar-refractivity contribution is 1.39. The van der Waals surface area contributed by atoms with Gasteiger partial charge in [0.25, 0.3) is 0 Å². The summed E-state index contributed by atoms with van der Waals surface area (Å²) in [6.07, 6.45) is 0. The molecule has 0 saturated carbocycles. The third-order valence-electron chi connectivity index (χ3n) is 10.3. The van der Waals surface area contributed by atoms with Gasteiger partial charge in [0.2, 0.25) is 0 Å². The van der Waals surface area contributed by atoms with Gasteiger partial charge in [0.15, 0.2) is 0 Å². The number of fused-ring (bicyclic) bond motifs is 19. The quantitative estimate of drug-likeness (QED) is 0.172. The van der Waals surface area contributed by atoms with Crippen LogP contribution in [0, 0.1) is 0 Å². The fraction of sp³-hybridized carbons (Fsp3) is 0. The molecule has 0 atom stereocenters. The van der Waals surface area contributed by atoms with Crippen molar-refractivity contribution in [2.45, 2.75) is 0 Å². The molecule has 0 amide bonds. The predicted molar refractivity (Wildman–Crippen MR) is 191 cm³/mol. The van der Waals surface area contributed by atoms with E-state index in [1.807, 2.05) is 0 Å². The lowest BCUT2D eigenvalue weighted by Gasteiger charge is -2.24. The second-order valence-electron chi connectivity index (χ2n) is 12.4. The highest BCUT2D eigenvalue weighted by atomic mass is 14.9. The average Bonchev–Trinajstić information content (AvgIpc) is 3.63. The fourth-order valence-corrected chi connectivity index (χ4v) is 8.45. The van der Waals surface area contributed by atoms with Crippen LogP contribution in [0.15, 0.2) is 152 Å². The molecule has 1 aliphatic rings. The maximum atomic E-state index is 2.60. The van der Waals surface area contributed by atoms with Crippen LogP contribution in [-0.4, -0.2) is 4.40 Å². The normalized spacial score (nSPS) is 12.4. The number of rotatable bonds is 0. The van der Waals surface area contributed by atoms with Crippen LogP contribution in [0.2, 0.25) is 0 Å². The van der Waals surface area contributed by atoms with Crippen molar-refractivity contribution in [3.8, 4) is 44.5 Å². The van der Waals surface area contributed by atoms with E-state index < -0.39 is 0 Å². The Balaban J connectivity index is 1.49. The Morgan fingerprint density at radius 3 is 1.33 bits per heavy atom. The molecule has 0 N–H and O–H groups in total. The lowest BCUT2D eigenvalue weighted by atomic mass is 9.79. The van der Waals surface area contributed by atoms with Gasteiger partial charge in [-0.3, -0.25) is 0 Å². The molecule has 1 nitrogen and oxygen atoms in total. The maximum Gasteiger partial charge on any atom is 0.0627 e. The molecule has 0 fully saturated rings. The minimum atomic E-state index is 1.27. The van der Waals surface area contributed by atoms with Crippen molar-refractivity contribution in [2.24, 2.45) is 0 Å². The molecule has 0 bridgehead atoms. The third kappa shape index (κ3) is 2.89. The molecule has 0 aliphatic heterocycles. The van der Waals surface area contributed by atoms with Crippen LogP contribution in [-0.2, 0) is 0 Å². The molecule has 1 heteroatoms. The van der Waals surface area contributed by atoms with Gasteiger partial charge in [0, 0.05) is 37.9 Å².